The molecule has 0 amide bonds. The zero-order chi connectivity index (χ0) is 20.0. The fourth-order valence-electron chi connectivity index (χ4n) is 3.46. The summed E-state index contributed by atoms with van der Waals surface area (Å²) in [6.07, 6.45) is 22.0. The van der Waals surface area contributed by atoms with Crippen molar-refractivity contribution in [3.05, 3.63) is 60.8 Å². The lowest BCUT2D eigenvalue weighted by molar-refractivity contribution is 0.165. The van der Waals surface area contributed by atoms with Gasteiger partial charge in [-0.25, -0.2) is 0 Å². The number of allylic oxidation sites excluding steroid dienone is 7. The van der Waals surface area contributed by atoms with Crippen LogP contribution in [0, 0.1) is 5.41 Å². The second-order valence-electron chi connectivity index (χ2n) is 7.66. The van der Waals surface area contributed by atoms with Crippen LogP contribution >= 0.6 is 0 Å². The molecule has 0 aliphatic heterocycles. The minimum atomic E-state index is -0.716. The van der Waals surface area contributed by atoms with Crippen LogP contribution in [0.25, 0.3) is 0 Å². The molecule has 0 saturated heterocycles. The Morgan fingerprint density at radius 1 is 1.19 bits per heavy atom. The van der Waals surface area contributed by atoms with Gasteiger partial charge in [0.1, 0.15) is 0 Å². The van der Waals surface area contributed by atoms with Crippen LogP contribution in [-0.4, -0.2) is 27.4 Å². The highest BCUT2D eigenvalue weighted by Gasteiger charge is 2.25. The molecular formula is C24H38O2S. The molecule has 27 heavy (non-hydrogen) atoms. The summed E-state index contributed by atoms with van der Waals surface area (Å²) in [5, 5.41) is 9.79. The molecule has 0 aromatic carbocycles. The van der Waals surface area contributed by atoms with Gasteiger partial charge in [0.15, 0.2) is 0 Å². The number of unbranched alkanes of at least 4 members (excludes halogenated alkanes) is 3. The Balaban J connectivity index is 2.16. The maximum atomic E-state index is 12.2. The molecule has 2 atom stereocenters. The van der Waals surface area contributed by atoms with E-state index < -0.39 is 10.8 Å². The Labute approximate surface area is 169 Å². The monoisotopic (exact) mass is 390 g/mol. The van der Waals surface area contributed by atoms with Crippen molar-refractivity contribution in [3.8, 4) is 0 Å². The molecule has 2 nitrogen and oxygen atoms in total. The van der Waals surface area contributed by atoms with Crippen molar-refractivity contribution in [2.45, 2.75) is 64.7 Å². The zero-order valence-corrected chi connectivity index (χ0v) is 17.9. The molecule has 1 N–H and O–H groups in total. The first kappa shape index (κ1) is 23.8. The summed E-state index contributed by atoms with van der Waals surface area (Å²) in [5.74, 6) is 1.59. The van der Waals surface area contributed by atoms with E-state index in [9.17, 15) is 9.32 Å². The van der Waals surface area contributed by atoms with Crippen LogP contribution in [0.4, 0.5) is 0 Å². The Morgan fingerprint density at radius 2 is 1.93 bits per heavy atom. The molecule has 1 aliphatic rings. The molecular weight excluding hydrogens is 352 g/mol. The topological polar surface area (TPSA) is 37.3 Å². The average molecular weight is 391 g/mol. The Hall–Kier alpha value is -1.19. The lowest BCUT2D eigenvalue weighted by Gasteiger charge is -2.29. The standard InChI is InChI=1S/C24H38O2S/c1-4-14-23(5-2)24(3,21-25)18-11-13-20-27(26)19-12-7-10-17-22-15-8-6-9-16-22/h4-5,8,14-16,25H,1-2,6-7,9-13,17-21H2,3H3/b23-14+. The molecule has 0 fully saturated rings. The van der Waals surface area contributed by atoms with Gasteiger partial charge in [-0.2, -0.15) is 0 Å². The average Bonchev–Trinajstić information content (AvgIpc) is 2.69. The highest BCUT2D eigenvalue weighted by Crippen LogP contribution is 2.33. The summed E-state index contributed by atoms with van der Waals surface area (Å²) in [6, 6.07) is 0. The minimum absolute atomic E-state index is 0.0907. The minimum Gasteiger partial charge on any atom is -0.395 e. The summed E-state index contributed by atoms with van der Waals surface area (Å²) in [7, 11) is -0.716. The van der Waals surface area contributed by atoms with Gasteiger partial charge >= 0.3 is 0 Å². The third-order valence-electron chi connectivity index (χ3n) is 5.32. The Morgan fingerprint density at radius 3 is 2.52 bits per heavy atom. The van der Waals surface area contributed by atoms with Gasteiger partial charge in [-0.3, -0.25) is 4.21 Å². The molecule has 0 saturated carbocycles. The van der Waals surface area contributed by atoms with Gasteiger partial charge in [-0.05, 0) is 50.5 Å². The maximum absolute atomic E-state index is 12.2. The van der Waals surface area contributed by atoms with Crippen molar-refractivity contribution in [1.82, 2.24) is 0 Å². The predicted molar refractivity (Wildman–Crippen MR) is 120 cm³/mol. The van der Waals surface area contributed by atoms with E-state index in [1.165, 1.54) is 24.8 Å². The van der Waals surface area contributed by atoms with Crippen LogP contribution in [0.1, 0.15) is 64.7 Å². The van der Waals surface area contributed by atoms with Crippen molar-refractivity contribution >= 4 is 10.8 Å². The van der Waals surface area contributed by atoms with E-state index in [0.29, 0.717) is 0 Å². The Bertz CT molecular complexity index is 571. The first-order valence-electron chi connectivity index (χ1n) is 10.3. The number of hydrogen-bond acceptors (Lipinski definition) is 2. The molecule has 1 aliphatic carbocycles. The van der Waals surface area contributed by atoms with E-state index in [2.05, 4.69) is 38.3 Å². The second-order valence-corrected chi connectivity index (χ2v) is 9.35. The maximum Gasteiger partial charge on any atom is 0.0525 e. The van der Waals surface area contributed by atoms with Gasteiger partial charge < -0.3 is 5.11 Å². The van der Waals surface area contributed by atoms with Gasteiger partial charge in [-0.1, -0.05) is 75.0 Å². The lowest BCUT2D eigenvalue weighted by atomic mass is 9.78. The number of aliphatic hydroxyl groups excluding tert-OH is 1. The molecule has 0 heterocycles. The zero-order valence-electron chi connectivity index (χ0n) is 17.1. The molecule has 0 bridgehead atoms. The van der Waals surface area contributed by atoms with Crippen molar-refractivity contribution in [3.63, 3.8) is 0 Å². The van der Waals surface area contributed by atoms with E-state index in [4.69, 9.17) is 0 Å². The fourth-order valence-corrected chi connectivity index (χ4v) is 4.72. The van der Waals surface area contributed by atoms with Crippen LogP contribution in [0.5, 0.6) is 0 Å². The quantitative estimate of drug-likeness (QED) is 0.273. The van der Waals surface area contributed by atoms with E-state index in [-0.39, 0.29) is 12.0 Å². The summed E-state index contributed by atoms with van der Waals surface area (Å²) in [6.45, 7) is 9.72. The van der Waals surface area contributed by atoms with Crippen molar-refractivity contribution in [2.75, 3.05) is 18.1 Å². The van der Waals surface area contributed by atoms with Crippen molar-refractivity contribution in [1.29, 1.82) is 0 Å². The largest absolute Gasteiger partial charge is 0.395 e. The van der Waals surface area contributed by atoms with Crippen molar-refractivity contribution in [2.24, 2.45) is 5.41 Å². The first-order chi connectivity index (χ1) is 13.1. The Kier molecular flexibility index (Phi) is 12.3. The fraction of sp³-hybridized carbons (Fsp3) is 0.583. The summed E-state index contributed by atoms with van der Waals surface area (Å²) >= 11 is 0. The first-order valence-corrected chi connectivity index (χ1v) is 11.8. The van der Waals surface area contributed by atoms with Crippen LogP contribution in [0.15, 0.2) is 60.8 Å². The van der Waals surface area contributed by atoms with Crippen LogP contribution in [0.2, 0.25) is 0 Å². The summed E-state index contributed by atoms with van der Waals surface area (Å²) in [4.78, 5) is 0. The third kappa shape index (κ3) is 9.53. The van der Waals surface area contributed by atoms with E-state index >= 15 is 0 Å². The smallest absolute Gasteiger partial charge is 0.0525 e. The molecule has 2 unspecified atom stereocenters. The normalized spacial score (nSPS) is 17.9. The highest BCUT2D eigenvalue weighted by molar-refractivity contribution is 7.84. The SMILES string of the molecule is C=C/C=C(\C=C)C(C)(CO)CCCCS(=O)CCCCCC1=CCCC=C1. The lowest BCUT2D eigenvalue weighted by Crippen LogP contribution is -2.23. The van der Waals surface area contributed by atoms with Crippen LogP contribution < -0.4 is 0 Å². The van der Waals surface area contributed by atoms with Crippen molar-refractivity contribution < 1.29 is 9.32 Å². The number of aliphatic hydroxyl groups is 1. The summed E-state index contributed by atoms with van der Waals surface area (Å²) in [5.41, 5.74) is 2.20. The predicted octanol–water partition coefficient (Wildman–Crippen LogP) is 6.04. The van der Waals surface area contributed by atoms with E-state index in [1.807, 2.05) is 6.08 Å². The molecule has 0 aromatic rings. The second kappa shape index (κ2) is 13.9. The molecule has 0 spiro atoms. The molecule has 0 radical (unpaired) electrons. The molecule has 3 heteroatoms. The van der Waals surface area contributed by atoms with Gasteiger partial charge in [0.25, 0.3) is 0 Å². The van der Waals surface area contributed by atoms with E-state index in [0.717, 1.165) is 55.6 Å². The number of rotatable bonds is 15. The summed E-state index contributed by atoms with van der Waals surface area (Å²) < 4.78 is 12.2. The van der Waals surface area contributed by atoms with E-state index in [1.54, 1.807) is 12.2 Å². The third-order valence-corrected chi connectivity index (χ3v) is 6.81. The number of hydrogen-bond donors (Lipinski definition) is 1. The molecule has 1 rings (SSSR count). The molecule has 152 valence electrons. The van der Waals surface area contributed by atoms with Gasteiger partial charge in [0.05, 0.1) is 6.61 Å². The van der Waals surface area contributed by atoms with Gasteiger partial charge in [0, 0.05) is 27.7 Å². The highest BCUT2D eigenvalue weighted by atomic mass is 32.2. The van der Waals surface area contributed by atoms with Crippen LogP contribution in [0.3, 0.4) is 0 Å². The van der Waals surface area contributed by atoms with Crippen LogP contribution in [-0.2, 0) is 10.8 Å². The van der Waals surface area contributed by atoms with Gasteiger partial charge in [0.2, 0.25) is 0 Å². The molecule has 0 aromatic heterocycles. The van der Waals surface area contributed by atoms with Gasteiger partial charge in [-0.15, -0.1) is 0 Å².